The maximum atomic E-state index is 12.4. The van der Waals surface area contributed by atoms with Crippen LogP contribution >= 0.6 is 0 Å². The number of aryl methyl sites for hydroxylation is 2. The van der Waals surface area contributed by atoms with E-state index in [0.717, 1.165) is 56.0 Å². The molecular weight excluding hydrogens is 350 g/mol. The number of carbonyl (C=O) groups is 1. The number of hydrogen-bond donors (Lipinski definition) is 1. The molecule has 0 aliphatic carbocycles. The minimum absolute atomic E-state index is 0.0337. The summed E-state index contributed by atoms with van der Waals surface area (Å²) in [5.41, 5.74) is 3.62. The lowest BCUT2D eigenvalue weighted by Crippen LogP contribution is -2.51. The quantitative estimate of drug-likeness (QED) is 0.746. The van der Waals surface area contributed by atoms with E-state index in [0.29, 0.717) is 13.2 Å². The minimum atomic E-state index is 0.0337. The van der Waals surface area contributed by atoms with Crippen LogP contribution in [0.15, 0.2) is 48.5 Å². The molecule has 1 fully saturated rings. The van der Waals surface area contributed by atoms with Crippen molar-refractivity contribution < 1.29 is 9.53 Å². The molecule has 0 unspecified atom stereocenters. The lowest BCUT2D eigenvalue weighted by molar-refractivity contribution is 0.135. The average Bonchev–Trinajstić information content (AvgIpc) is 2.71. The number of amides is 2. The first kappa shape index (κ1) is 20.2. The SMILES string of the molecule is Cc1cccc(C)c1OCCCNC(=O)N1CCN(Cc2ccccc2)CC1. The van der Waals surface area contributed by atoms with Crippen molar-refractivity contribution in [1.29, 1.82) is 0 Å². The van der Waals surface area contributed by atoms with Gasteiger partial charge in [0.25, 0.3) is 0 Å². The van der Waals surface area contributed by atoms with Crippen LogP contribution in [0.1, 0.15) is 23.1 Å². The Morgan fingerprint density at radius 3 is 2.32 bits per heavy atom. The fraction of sp³-hybridized carbons (Fsp3) is 0.435. The van der Waals surface area contributed by atoms with E-state index in [4.69, 9.17) is 4.74 Å². The van der Waals surface area contributed by atoms with Gasteiger partial charge in [-0.1, -0.05) is 48.5 Å². The van der Waals surface area contributed by atoms with Gasteiger partial charge in [0.05, 0.1) is 6.61 Å². The Hall–Kier alpha value is -2.53. The summed E-state index contributed by atoms with van der Waals surface area (Å²) < 4.78 is 5.89. The van der Waals surface area contributed by atoms with Crippen LogP contribution in [0.3, 0.4) is 0 Å². The summed E-state index contributed by atoms with van der Waals surface area (Å²) in [4.78, 5) is 16.7. The van der Waals surface area contributed by atoms with Crippen molar-refractivity contribution in [2.75, 3.05) is 39.3 Å². The molecule has 1 N–H and O–H groups in total. The van der Waals surface area contributed by atoms with Crippen molar-refractivity contribution in [3.63, 3.8) is 0 Å². The number of carbonyl (C=O) groups excluding carboxylic acids is 1. The second kappa shape index (κ2) is 10.1. The molecule has 2 amide bonds. The Labute approximate surface area is 168 Å². The number of urea groups is 1. The number of piperazine rings is 1. The zero-order valence-electron chi connectivity index (χ0n) is 17.0. The fourth-order valence-electron chi connectivity index (χ4n) is 3.53. The highest BCUT2D eigenvalue weighted by atomic mass is 16.5. The van der Waals surface area contributed by atoms with Gasteiger partial charge in [-0.05, 0) is 37.0 Å². The van der Waals surface area contributed by atoms with Gasteiger partial charge in [-0.15, -0.1) is 0 Å². The predicted octanol–water partition coefficient (Wildman–Crippen LogP) is 3.60. The number of benzene rings is 2. The summed E-state index contributed by atoms with van der Waals surface area (Å²) in [5.74, 6) is 0.961. The lowest BCUT2D eigenvalue weighted by Gasteiger charge is -2.34. The van der Waals surface area contributed by atoms with Crippen LogP contribution in [-0.2, 0) is 6.54 Å². The molecule has 0 atom stereocenters. The van der Waals surface area contributed by atoms with Crippen LogP contribution < -0.4 is 10.1 Å². The minimum Gasteiger partial charge on any atom is -0.493 e. The van der Waals surface area contributed by atoms with Gasteiger partial charge in [-0.2, -0.15) is 0 Å². The van der Waals surface area contributed by atoms with Crippen LogP contribution in [0.2, 0.25) is 0 Å². The fourth-order valence-corrected chi connectivity index (χ4v) is 3.53. The average molecular weight is 382 g/mol. The molecule has 150 valence electrons. The Morgan fingerprint density at radius 2 is 1.64 bits per heavy atom. The van der Waals surface area contributed by atoms with Gasteiger partial charge in [-0.3, -0.25) is 4.90 Å². The molecule has 2 aromatic carbocycles. The number of nitrogens with one attached hydrogen (secondary N) is 1. The van der Waals surface area contributed by atoms with Gasteiger partial charge in [0, 0.05) is 39.3 Å². The highest BCUT2D eigenvalue weighted by Gasteiger charge is 2.20. The van der Waals surface area contributed by atoms with E-state index in [1.54, 1.807) is 0 Å². The summed E-state index contributed by atoms with van der Waals surface area (Å²) in [6.07, 6.45) is 0.799. The third-order valence-corrected chi connectivity index (χ3v) is 5.16. The van der Waals surface area contributed by atoms with Gasteiger partial charge in [0.2, 0.25) is 0 Å². The molecule has 5 nitrogen and oxygen atoms in total. The van der Waals surface area contributed by atoms with E-state index in [-0.39, 0.29) is 6.03 Å². The predicted molar refractivity (Wildman–Crippen MR) is 113 cm³/mol. The first-order valence-electron chi connectivity index (χ1n) is 10.1. The van der Waals surface area contributed by atoms with Crippen molar-refractivity contribution in [3.05, 3.63) is 65.2 Å². The summed E-state index contributed by atoms with van der Waals surface area (Å²) in [5, 5.41) is 3.02. The highest BCUT2D eigenvalue weighted by molar-refractivity contribution is 5.74. The molecule has 0 bridgehead atoms. The van der Waals surface area contributed by atoms with Crippen LogP contribution in [0.5, 0.6) is 5.75 Å². The van der Waals surface area contributed by atoms with Crippen molar-refractivity contribution in [1.82, 2.24) is 15.1 Å². The van der Waals surface area contributed by atoms with Crippen molar-refractivity contribution in [2.24, 2.45) is 0 Å². The molecule has 1 heterocycles. The monoisotopic (exact) mass is 381 g/mol. The normalized spacial score (nSPS) is 14.7. The molecule has 2 aromatic rings. The number of nitrogens with zero attached hydrogens (tertiary/aromatic N) is 2. The number of hydrogen-bond acceptors (Lipinski definition) is 3. The van der Waals surface area contributed by atoms with Gasteiger partial charge in [0.1, 0.15) is 5.75 Å². The second-order valence-electron chi connectivity index (χ2n) is 7.40. The molecule has 0 saturated carbocycles. The molecule has 3 rings (SSSR count). The maximum Gasteiger partial charge on any atom is 0.317 e. The van der Waals surface area contributed by atoms with Crippen LogP contribution in [0, 0.1) is 13.8 Å². The molecule has 1 aliphatic heterocycles. The maximum absolute atomic E-state index is 12.4. The molecule has 0 radical (unpaired) electrons. The molecule has 28 heavy (non-hydrogen) atoms. The highest BCUT2D eigenvalue weighted by Crippen LogP contribution is 2.22. The van der Waals surface area contributed by atoms with E-state index in [1.165, 1.54) is 5.56 Å². The Balaban J connectivity index is 1.31. The third kappa shape index (κ3) is 5.73. The smallest absolute Gasteiger partial charge is 0.317 e. The second-order valence-corrected chi connectivity index (χ2v) is 7.40. The van der Waals surface area contributed by atoms with Crippen LogP contribution in [0.25, 0.3) is 0 Å². The van der Waals surface area contributed by atoms with E-state index in [2.05, 4.69) is 60.5 Å². The standard InChI is InChI=1S/C23H31N3O2/c1-19-8-6-9-20(2)22(19)28-17-7-12-24-23(27)26-15-13-25(14-16-26)18-21-10-4-3-5-11-21/h3-6,8-11H,7,12-18H2,1-2H3,(H,24,27). The molecule has 0 aromatic heterocycles. The first-order chi connectivity index (χ1) is 13.6. The molecule has 0 spiro atoms. The van der Waals surface area contributed by atoms with Gasteiger partial charge >= 0.3 is 6.03 Å². The summed E-state index contributed by atoms with van der Waals surface area (Å²) in [6, 6.07) is 16.7. The summed E-state index contributed by atoms with van der Waals surface area (Å²) in [7, 11) is 0. The first-order valence-corrected chi connectivity index (χ1v) is 10.1. The number of para-hydroxylation sites is 1. The van der Waals surface area contributed by atoms with E-state index < -0.39 is 0 Å². The van der Waals surface area contributed by atoms with Crippen LogP contribution in [0.4, 0.5) is 4.79 Å². The Bertz CT molecular complexity index is 735. The molecule has 1 aliphatic rings. The number of rotatable bonds is 7. The zero-order chi connectivity index (χ0) is 19.8. The van der Waals surface area contributed by atoms with E-state index >= 15 is 0 Å². The van der Waals surface area contributed by atoms with E-state index in [9.17, 15) is 4.79 Å². The van der Waals surface area contributed by atoms with Crippen molar-refractivity contribution in [3.8, 4) is 5.75 Å². The van der Waals surface area contributed by atoms with Crippen LogP contribution in [-0.4, -0.2) is 55.2 Å². The summed E-state index contributed by atoms with van der Waals surface area (Å²) in [6.45, 7) is 9.69. The Kier molecular flexibility index (Phi) is 7.31. The molecule has 1 saturated heterocycles. The molecular formula is C23H31N3O2. The number of ether oxygens (including phenoxy) is 1. The van der Waals surface area contributed by atoms with Crippen molar-refractivity contribution in [2.45, 2.75) is 26.8 Å². The molecule has 5 heteroatoms. The van der Waals surface area contributed by atoms with Gasteiger partial charge in [0.15, 0.2) is 0 Å². The van der Waals surface area contributed by atoms with E-state index in [1.807, 2.05) is 17.0 Å². The summed E-state index contributed by atoms with van der Waals surface area (Å²) >= 11 is 0. The third-order valence-electron chi connectivity index (χ3n) is 5.16. The topological polar surface area (TPSA) is 44.8 Å². The van der Waals surface area contributed by atoms with Crippen molar-refractivity contribution >= 4 is 6.03 Å². The van der Waals surface area contributed by atoms with Gasteiger partial charge < -0.3 is 15.0 Å². The Morgan fingerprint density at radius 1 is 0.964 bits per heavy atom. The lowest BCUT2D eigenvalue weighted by atomic mass is 10.1. The van der Waals surface area contributed by atoms with Gasteiger partial charge in [-0.25, -0.2) is 4.79 Å². The largest absolute Gasteiger partial charge is 0.493 e. The zero-order valence-corrected chi connectivity index (χ0v) is 17.0.